The molecule has 2 heterocycles. The van der Waals surface area contributed by atoms with E-state index in [0.717, 1.165) is 24.1 Å². The average molecular weight is 287 g/mol. The summed E-state index contributed by atoms with van der Waals surface area (Å²) in [4.78, 5) is 31.3. The smallest absolute Gasteiger partial charge is 0.264 e. The standard InChI is InChI=1S/C14H17N5O2/c1-7-10(6-16-19-7)5-15-13(20)11-8(2)17-12(9-3-4-9)18-14(11)21/h6,9H,3-5H2,1-2H3,(H,15,20)(H,16,19)(H,17,18,21). The van der Waals surface area contributed by atoms with Gasteiger partial charge in [-0.1, -0.05) is 0 Å². The molecule has 1 aliphatic rings. The number of aromatic nitrogens is 4. The van der Waals surface area contributed by atoms with E-state index in [2.05, 4.69) is 25.5 Å². The quantitative estimate of drug-likeness (QED) is 0.777. The van der Waals surface area contributed by atoms with Crippen molar-refractivity contribution in [3.63, 3.8) is 0 Å². The largest absolute Gasteiger partial charge is 0.348 e. The lowest BCUT2D eigenvalue weighted by atomic mass is 10.2. The number of aromatic amines is 2. The topological polar surface area (TPSA) is 104 Å². The first kappa shape index (κ1) is 13.5. The summed E-state index contributed by atoms with van der Waals surface area (Å²) in [7, 11) is 0. The van der Waals surface area contributed by atoms with E-state index in [1.807, 2.05) is 6.92 Å². The van der Waals surface area contributed by atoms with E-state index in [9.17, 15) is 9.59 Å². The molecule has 0 bridgehead atoms. The Morgan fingerprint density at radius 1 is 1.43 bits per heavy atom. The molecule has 2 aromatic heterocycles. The normalized spacial score (nSPS) is 14.2. The van der Waals surface area contributed by atoms with Crippen LogP contribution in [0, 0.1) is 13.8 Å². The van der Waals surface area contributed by atoms with Crippen molar-refractivity contribution >= 4 is 5.91 Å². The van der Waals surface area contributed by atoms with Gasteiger partial charge in [-0.05, 0) is 26.7 Å². The third-order valence-corrected chi connectivity index (χ3v) is 3.68. The van der Waals surface area contributed by atoms with E-state index in [-0.39, 0.29) is 11.1 Å². The third kappa shape index (κ3) is 2.72. The van der Waals surface area contributed by atoms with Gasteiger partial charge in [0.25, 0.3) is 11.5 Å². The molecule has 1 aliphatic carbocycles. The summed E-state index contributed by atoms with van der Waals surface area (Å²) in [5.74, 6) is 0.631. The van der Waals surface area contributed by atoms with Gasteiger partial charge in [-0.2, -0.15) is 5.10 Å². The fourth-order valence-electron chi connectivity index (χ4n) is 2.24. The number of H-pyrrole nitrogens is 2. The van der Waals surface area contributed by atoms with Gasteiger partial charge >= 0.3 is 0 Å². The molecular formula is C14H17N5O2. The summed E-state index contributed by atoms with van der Waals surface area (Å²) in [6.07, 6.45) is 3.75. The Morgan fingerprint density at radius 3 is 2.76 bits per heavy atom. The van der Waals surface area contributed by atoms with Crippen LogP contribution in [-0.2, 0) is 6.54 Å². The molecule has 0 saturated heterocycles. The Kier molecular flexibility index (Phi) is 3.32. The van der Waals surface area contributed by atoms with Gasteiger partial charge in [-0.15, -0.1) is 0 Å². The fourth-order valence-corrected chi connectivity index (χ4v) is 2.24. The number of nitrogens with zero attached hydrogens (tertiary/aromatic N) is 2. The fraction of sp³-hybridized carbons (Fsp3) is 0.429. The molecule has 0 aromatic carbocycles. The zero-order chi connectivity index (χ0) is 15.0. The van der Waals surface area contributed by atoms with Crippen LogP contribution < -0.4 is 10.9 Å². The molecule has 7 heteroatoms. The zero-order valence-corrected chi connectivity index (χ0v) is 12.0. The van der Waals surface area contributed by atoms with Crippen molar-refractivity contribution < 1.29 is 4.79 Å². The summed E-state index contributed by atoms with van der Waals surface area (Å²) >= 11 is 0. The van der Waals surface area contributed by atoms with Crippen LogP contribution in [0.5, 0.6) is 0 Å². The maximum atomic E-state index is 12.2. The minimum Gasteiger partial charge on any atom is -0.348 e. The van der Waals surface area contributed by atoms with Gasteiger partial charge in [0, 0.05) is 23.7 Å². The van der Waals surface area contributed by atoms with E-state index < -0.39 is 5.91 Å². The van der Waals surface area contributed by atoms with Gasteiger partial charge in [-0.3, -0.25) is 14.7 Å². The van der Waals surface area contributed by atoms with Crippen molar-refractivity contribution in [2.24, 2.45) is 0 Å². The van der Waals surface area contributed by atoms with Gasteiger partial charge in [0.05, 0.1) is 11.9 Å². The number of carbonyl (C=O) groups is 1. The molecule has 0 spiro atoms. The van der Waals surface area contributed by atoms with E-state index in [0.29, 0.717) is 24.0 Å². The van der Waals surface area contributed by atoms with E-state index >= 15 is 0 Å². The van der Waals surface area contributed by atoms with Gasteiger partial charge in [0.15, 0.2) is 0 Å². The maximum absolute atomic E-state index is 12.2. The highest BCUT2D eigenvalue weighted by Gasteiger charge is 2.28. The van der Waals surface area contributed by atoms with E-state index in [4.69, 9.17) is 0 Å². The van der Waals surface area contributed by atoms with Crippen molar-refractivity contribution in [1.82, 2.24) is 25.5 Å². The third-order valence-electron chi connectivity index (χ3n) is 3.68. The van der Waals surface area contributed by atoms with Crippen LogP contribution in [0.3, 0.4) is 0 Å². The first-order valence-electron chi connectivity index (χ1n) is 6.94. The lowest BCUT2D eigenvalue weighted by molar-refractivity contribution is 0.0948. The summed E-state index contributed by atoms with van der Waals surface area (Å²) in [6.45, 7) is 3.89. The van der Waals surface area contributed by atoms with Crippen LogP contribution in [0.4, 0.5) is 0 Å². The molecule has 7 nitrogen and oxygen atoms in total. The minimum atomic E-state index is -0.413. The molecule has 1 saturated carbocycles. The first-order valence-corrected chi connectivity index (χ1v) is 6.94. The molecule has 0 radical (unpaired) electrons. The molecule has 1 amide bonds. The second-order valence-corrected chi connectivity index (χ2v) is 5.39. The summed E-state index contributed by atoms with van der Waals surface area (Å²) in [5.41, 5.74) is 1.97. The van der Waals surface area contributed by atoms with Crippen LogP contribution in [0.1, 0.15) is 51.9 Å². The SMILES string of the molecule is Cc1nc(C2CC2)[nH]c(=O)c1C(=O)NCc1cn[nH]c1C. The van der Waals surface area contributed by atoms with E-state index in [1.54, 1.807) is 13.1 Å². The van der Waals surface area contributed by atoms with E-state index in [1.165, 1.54) is 0 Å². The maximum Gasteiger partial charge on any atom is 0.264 e. The average Bonchev–Trinajstić information content (AvgIpc) is 3.19. The Labute approximate surface area is 121 Å². The van der Waals surface area contributed by atoms with Gasteiger partial charge in [0.2, 0.25) is 0 Å². The Hall–Kier alpha value is -2.44. The molecule has 1 fully saturated rings. The molecule has 3 rings (SSSR count). The predicted molar refractivity (Wildman–Crippen MR) is 76.1 cm³/mol. The van der Waals surface area contributed by atoms with Crippen LogP contribution >= 0.6 is 0 Å². The van der Waals surface area contributed by atoms with Crippen LogP contribution in [0.25, 0.3) is 0 Å². The van der Waals surface area contributed by atoms with Gasteiger partial charge in [-0.25, -0.2) is 4.98 Å². The first-order chi connectivity index (χ1) is 10.1. The lowest BCUT2D eigenvalue weighted by Crippen LogP contribution is -2.31. The number of hydrogen-bond acceptors (Lipinski definition) is 4. The second-order valence-electron chi connectivity index (χ2n) is 5.39. The number of rotatable bonds is 4. The highest BCUT2D eigenvalue weighted by atomic mass is 16.2. The number of hydrogen-bond donors (Lipinski definition) is 3. The van der Waals surface area contributed by atoms with Crippen LogP contribution in [0.2, 0.25) is 0 Å². The summed E-state index contributed by atoms with van der Waals surface area (Å²) < 4.78 is 0. The molecule has 3 N–H and O–H groups in total. The molecule has 21 heavy (non-hydrogen) atoms. The number of nitrogens with one attached hydrogen (secondary N) is 3. The van der Waals surface area contributed by atoms with Crippen LogP contribution in [-0.4, -0.2) is 26.1 Å². The van der Waals surface area contributed by atoms with Crippen molar-refractivity contribution in [3.05, 3.63) is 44.9 Å². The highest BCUT2D eigenvalue weighted by Crippen LogP contribution is 2.37. The molecule has 2 aromatic rings. The molecule has 0 atom stereocenters. The predicted octanol–water partition coefficient (Wildman–Crippen LogP) is 0.917. The monoisotopic (exact) mass is 287 g/mol. The minimum absolute atomic E-state index is 0.0838. The van der Waals surface area contributed by atoms with Crippen molar-refractivity contribution in [3.8, 4) is 0 Å². The Balaban J connectivity index is 1.78. The number of amides is 1. The summed E-state index contributed by atoms with van der Waals surface area (Å²) in [5, 5.41) is 9.42. The van der Waals surface area contributed by atoms with Crippen molar-refractivity contribution in [2.45, 2.75) is 39.2 Å². The Morgan fingerprint density at radius 2 is 2.19 bits per heavy atom. The molecule has 0 unspecified atom stereocenters. The zero-order valence-electron chi connectivity index (χ0n) is 12.0. The van der Waals surface area contributed by atoms with Gasteiger partial charge in [0.1, 0.15) is 11.4 Å². The highest BCUT2D eigenvalue weighted by molar-refractivity contribution is 5.94. The van der Waals surface area contributed by atoms with Crippen molar-refractivity contribution in [2.75, 3.05) is 0 Å². The summed E-state index contributed by atoms with van der Waals surface area (Å²) in [6, 6.07) is 0. The molecular weight excluding hydrogens is 270 g/mol. The number of carbonyl (C=O) groups excluding carboxylic acids is 1. The van der Waals surface area contributed by atoms with Crippen molar-refractivity contribution in [1.29, 1.82) is 0 Å². The molecule has 110 valence electrons. The molecule has 0 aliphatic heterocycles. The Bertz CT molecular complexity index is 742. The van der Waals surface area contributed by atoms with Gasteiger partial charge < -0.3 is 10.3 Å². The van der Waals surface area contributed by atoms with Crippen LogP contribution in [0.15, 0.2) is 11.0 Å². The lowest BCUT2D eigenvalue weighted by Gasteiger charge is -2.07. The number of aryl methyl sites for hydroxylation is 2. The second kappa shape index (κ2) is 5.16.